The molecular formula is C17H17ClN4S. The highest BCUT2D eigenvalue weighted by Gasteiger charge is 2.08. The Labute approximate surface area is 144 Å². The number of nitrogens with two attached hydrogens (primary N) is 1. The number of aromatic nitrogens is 3. The van der Waals surface area contributed by atoms with Gasteiger partial charge in [-0.15, -0.1) is 11.3 Å². The molecule has 3 rings (SSSR count). The minimum Gasteiger partial charge on any atom is -0.375 e. The maximum absolute atomic E-state index is 6.27. The van der Waals surface area contributed by atoms with Gasteiger partial charge in [-0.25, -0.2) is 15.0 Å². The minimum atomic E-state index is 0.624. The number of rotatable bonds is 5. The van der Waals surface area contributed by atoms with Crippen LogP contribution in [0.1, 0.15) is 22.8 Å². The van der Waals surface area contributed by atoms with Gasteiger partial charge < -0.3 is 5.73 Å². The van der Waals surface area contributed by atoms with E-state index in [9.17, 15) is 0 Å². The van der Waals surface area contributed by atoms with Crippen LogP contribution in [0.15, 0.2) is 36.5 Å². The number of thiazole rings is 1. The summed E-state index contributed by atoms with van der Waals surface area (Å²) in [5.41, 5.74) is 8.50. The van der Waals surface area contributed by atoms with Crippen molar-refractivity contribution >= 4 is 28.1 Å². The monoisotopic (exact) mass is 344 g/mol. The predicted molar refractivity (Wildman–Crippen MR) is 95.8 cm³/mol. The second-order valence-corrected chi connectivity index (χ2v) is 6.84. The van der Waals surface area contributed by atoms with Crippen molar-refractivity contribution in [3.8, 4) is 11.3 Å². The van der Waals surface area contributed by atoms with Crippen LogP contribution in [-0.4, -0.2) is 15.0 Å². The molecule has 0 fully saturated rings. The number of hydrogen-bond acceptors (Lipinski definition) is 5. The van der Waals surface area contributed by atoms with E-state index in [1.165, 1.54) is 4.88 Å². The van der Waals surface area contributed by atoms with Gasteiger partial charge in [0.1, 0.15) is 5.82 Å². The van der Waals surface area contributed by atoms with Crippen molar-refractivity contribution in [2.45, 2.75) is 26.2 Å². The fourth-order valence-electron chi connectivity index (χ4n) is 2.45. The first kappa shape index (κ1) is 15.9. The molecule has 0 saturated carbocycles. The van der Waals surface area contributed by atoms with Crippen LogP contribution in [0.3, 0.4) is 0 Å². The number of nitrogen functional groups attached to an aromatic ring is 1. The molecule has 0 saturated heterocycles. The molecule has 0 aliphatic rings. The van der Waals surface area contributed by atoms with E-state index in [4.69, 9.17) is 17.3 Å². The van der Waals surface area contributed by atoms with Gasteiger partial charge in [0.2, 0.25) is 0 Å². The normalized spacial score (nSPS) is 10.9. The molecule has 0 bridgehead atoms. The second-order valence-electron chi connectivity index (χ2n) is 5.29. The van der Waals surface area contributed by atoms with Crippen LogP contribution in [0.25, 0.3) is 11.3 Å². The van der Waals surface area contributed by atoms with Crippen LogP contribution in [0, 0.1) is 6.92 Å². The standard InChI is InChI=1S/C17H17ClN4S/c1-11-21-12(5-4-6-13-10-20-17(19)23-13)9-16(22-11)14-7-2-3-8-15(14)18/h2-3,7-10H,4-6H2,1H3,(H2,19,20). The molecule has 0 aliphatic heterocycles. The van der Waals surface area contributed by atoms with Gasteiger partial charge in [0.25, 0.3) is 0 Å². The smallest absolute Gasteiger partial charge is 0.180 e. The molecule has 2 N–H and O–H groups in total. The molecule has 0 aliphatic carbocycles. The maximum atomic E-state index is 6.27. The number of benzene rings is 1. The van der Waals surface area contributed by atoms with Crippen LogP contribution in [0.4, 0.5) is 5.13 Å². The molecule has 1 aromatic carbocycles. The minimum absolute atomic E-state index is 0.624. The Morgan fingerprint density at radius 2 is 2.00 bits per heavy atom. The van der Waals surface area contributed by atoms with Gasteiger partial charge in [-0.2, -0.15) is 0 Å². The third-order valence-corrected chi connectivity index (χ3v) is 4.68. The van der Waals surface area contributed by atoms with Crippen molar-refractivity contribution in [3.05, 3.63) is 57.9 Å². The zero-order valence-corrected chi connectivity index (χ0v) is 14.4. The highest BCUT2D eigenvalue weighted by Crippen LogP contribution is 2.26. The first-order valence-electron chi connectivity index (χ1n) is 7.41. The average molecular weight is 345 g/mol. The maximum Gasteiger partial charge on any atom is 0.180 e. The third kappa shape index (κ3) is 4.06. The topological polar surface area (TPSA) is 64.7 Å². The zero-order valence-electron chi connectivity index (χ0n) is 12.8. The number of aryl methyl sites for hydroxylation is 3. The van der Waals surface area contributed by atoms with Crippen LogP contribution in [-0.2, 0) is 12.8 Å². The van der Waals surface area contributed by atoms with E-state index in [1.807, 2.05) is 43.5 Å². The van der Waals surface area contributed by atoms with Crippen molar-refractivity contribution < 1.29 is 0 Å². The Balaban J connectivity index is 1.74. The van der Waals surface area contributed by atoms with E-state index in [0.29, 0.717) is 10.2 Å². The fraction of sp³-hybridized carbons (Fsp3) is 0.235. The highest BCUT2D eigenvalue weighted by molar-refractivity contribution is 7.15. The van der Waals surface area contributed by atoms with Crippen LogP contribution >= 0.6 is 22.9 Å². The Hall–Kier alpha value is -1.98. The lowest BCUT2D eigenvalue weighted by Gasteiger charge is -2.07. The van der Waals surface area contributed by atoms with Gasteiger partial charge in [-0.05, 0) is 38.3 Å². The van der Waals surface area contributed by atoms with E-state index >= 15 is 0 Å². The lowest BCUT2D eigenvalue weighted by Crippen LogP contribution is -1.99. The number of anilines is 1. The molecular weight excluding hydrogens is 328 g/mol. The second kappa shape index (κ2) is 7.06. The zero-order chi connectivity index (χ0) is 16.2. The van der Waals surface area contributed by atoms with Crippen LogP contribution in [0.2, 0.25) is 5.02 Å². The average Bonchev–Trinajstić information content (AvgIpc) is 2.93. The Bertz CT molecular complexity index is 816. The Morgan fingerprint density at radius 3 is 2.74 bits per heavy atom. The van der Waals surface area contributed by atoms with Crippen molar-refractivity contribution in [2.24, 2.45) is 0 Å². The first-order valence-corrected chi connectivity index (χ1v) is 8.61. The molecule has 3 aromatic rings. The summed E-state index contributed by atoms with van der Waals surface area (Å²) in [7, 11) is 0. The molecule has 118 valence electrons. The molecule has 2 heterocycles. The Morgan fingerprint density at radius 1 is 1.17 bits per heavy atom. The summed E-state index contributed by atoms with van der Waals surface area (Å²) in [6, 6.07) is 9.76. The van der Waals surface area contributed by atoms with Gasteiger partial charge in [0.05, 0.1) is 5.69 Å². The summed E-state index contributed by atoms with van der Waals surface area (Å²) in [4.78, 5) is 14.3. The van der Waals surface area contributed by atoms with Crippen molar-refractivity contribution in [3.63, 3.8) is 0 Å². The number of hydrogen-bond donors (Lipinski definition) is 1. The number of halogens is 1. The Kier molecular flexibility index (Phi) is 4.88. The van der Waals surface area contributed by atoms with Gasteiger partial charge in [0.15, 0.2) is 5.13 Å². The lowest BCUT2D eigenvalue weighted by molar-refractivity contribution is 0.795. The van der Waals surface area contributed by atoms with Crippen molar-refractivity contribution in [1.29, 1.82) is 0 Å². The van der Waals surface area contributed by atoms with E-state index < -0.39 is 0 Å². The quantitative estimate of drug-likeness (QED) is 0.748. The summed E-state index contributed by atoms with van der Waals surface area (Å²) < 4.78 is 0. The van der Waals surface area contributed by atoms with E-state index in [0.717, 1.165) is 42.0 Å². The molecule has 0 amide bonds. The summed E-state index contributed by atoms with van der Waals surface area (Å²) in [5.74, 6) is 0.763. The molecule has 0 spiro atoms. The summed E-state index contributed by atoms with van der Waals surface area (Å²) >= 11 is 7.82. The van der Waals surface area contributed by atoms with E-state index in [1.54, 1.807) is 11.3 Å². The molecule has 2 aromatic heterocycles. The van der Waals surface area contributed by atoms with Crippen LogP contribution < -0.4 is 5.73 Å². The lowest BCUT2D eigenvalue weighted by atomic mass is 10.1. The summed E-state index contributed by atoms with van der Waals surface area (Å²) in [6.45, 7) is 1.91. The molecule has 0 unspecified atom stereocenters. The van der Waals surface area contributed by atoms with Crippen LogP contribution in [0.5, 0.6) is 0 Å². The molecule has 6 heteroatoms. The predicted octanol–water partition coefficient (Wildman–Crippen LogP) is 4.32. The highest BCUT2D eigenvalue weighted by atomic mass is 35.5. The van der Waals surface area contributed by atoms with Gasteiger partial charge in [-0.3, -0.25) is 0 Å². The van der Waals surface area contributed by atoms with Crippen molar-refractivity contribution in [2.75, 3.05) is 5.73 Å². The van der Waals surface area contributed by atoms with Crippen molar-refractivity contribution in [1.82, 2.24) is 15.0 Å². The summed E-state index contributed by atoms with van der Waals surface area (Å²) in [5, 5.41) is 1.33. The molecule has 0 radical (unpaired) electrons. The number of nitrogens with zero attached hydrogens (tertiary/aromatic N) is 3. The molecule has 23 heavy (non-hydrogen) atoms. The van der Waals surface area contributed by atoms with E-state index in [2.05, 4.69) is 15.0 Å². The SMILES string of the molecule is Cc1nc(CCCc2cnc(N)s2)cc(-c2ccccc2Cl)n1. The first-order chi connectivity index (χ1) is 11.1. The molecule has 0 atom stereocenters. The van der Waals surface area contributed by atoms with Gasteiger partial charge >= 0.3 is 0 Å². The third-order valence-electron chi connectivity index (χ3n) is 3.47. The molecule has 4 nitrogen and oxygen atoms in total. The summed E-state index contributed by atoms with van der Waals surface area (Å²) in [6.07, 6.45) is 4.69. The van der Waals surface area contributed by atoms with Gasteiger partial charge in [-0.1, -0.05) is 29.8 Å². The van der Waals surface area contributed by atoms with E-state index in [-0.39, 0.29) is 0 Å². The fourth-order valence-corrected chi connectivity index (χ4v) is 3.40. The van der Waals surface area contributed by atoms with Gasteiger partial charge in [0, 0.05) is 27.4 Å². The largest absolute Gasteiger partial charge is 0.375 e.